The van der Waals surface area contributed by atoms with E-state index >= 15 is 0 Å². The molecule has 1 amide bonds. The van der Waals surface area contributed by atoms with E-state index in [1.807, 2.05) is 6.07 Å². The van der Waals surface area contributed by atoms with Gasteiger partial charge in [0.15, 0.2) is 5.65 Å². The highest BCUT2D eigenvalue weighted by Crippen LogP contribution is 2.22. The van der Waals surface area contributed by atoms with Crippen LogP contribution in [0, 0.1) is 11.3 Å². The van der Waals surface area contributed by atoms with Crippen molar-refractivity contribution < 1.29 is 4.79 Å². The molecule has 0 spiro atoms. The molecule has 0 atom stereocenters. The third-order valence-corrected chi connectivity index (χ3v) is 4.55. The lowest BCUT2D eigenvalue weighted by Gasteiger charge is -2.17. The van der Waals surface area contributed by atoms with E-state index in [1.165, 1.54) is 4.90 Å². The molecule has 4 rings (SSSR count). The summed E-state index contributed by atoms with van der Waals surface area (Å²) < 4.78 is 1.79. The molecule has 0 fully saturated rings. The third kappa shape index (κ3) is 3.17. The number of nitriles is 1. The molecular weight excluding hydrogens is 376 g/mol. The van der Waals surface area contributed by atoms with Crippen LogP contribution in [0.3, 0.4) is 0 Å². The maximum absolute atomic E-state index is 12.9. The molecule has 0 aliphatic heterocycles. The first-order valence-electron chi connectivity index (χ1n) is 8.30. The molecule has 3 heterocycles. The first-order valence-corrected chi connectivity index (χ1v) is 8.68. The summed E-state index contributed by atoms with van der Waals surface area (Å²) in [5.41, 5.74) is 3.67. The molecule has 136 valence electrons. The van der Waals surface area contributed by atoms with E-state index in [0.29, 0.717) is 22.1 Å². The number of aromatic nitrogens is 4. The number of fused-ring (bicyclic) bond motifs is 1. The predicted molar refractivity (Wildman–Crippen MR) is 105 cm³/mol. The van der Waals surface area contributed by atoms with Crippen LogP contribution in [0.2, 0.25) is 5.15 Å². The van der Waals surface area contributed by atoms with E-state index < -0.39 is 0 Å². The number of halogens is 1. The van der Waals surface area contributed by atoms with Crippen LogP contribution in [0.1, 0.15) is 16.1 Å². The Hall–Kier alpha value is -3.76. The molecular formula is C20H13ClN6O. The molecule has 0 radical (unpaired) electrons. The van der Waals surface area contributed by atoms with Gasteiger partial charge in [-0.05, 0) is 36.4 Å². The topological polar surface area (TPSA) is 87.2 Å². The molecule has 4 aromatic rings. The van der Waals surface area contributed by atoms with Gasteiger partial charge in [0.1, 0.15) is 10.8 Å². The van der Waals surface area contributed by atoms with Gasteiger partial charge in [0.2, 0.25) is 0 Å². The second kappa shape index (κ2) is 7.10. The number of carbonyl (C=O) groups excluding carboxylic acids is 1. The fraction of sp³-hybridized carbons (Fsp3) is 0.0500. The monoisotopic (exact) mass is 388 g/mol. The van der Waals surface area contributed by atoms with Crippen molar-refractivity contribution in [1.29, 1.82) is 5.26 Å². The van der Waals surface area contributed by atoms with Gasteiger partial charge >= 0.3 is 0 Å². The lowest BCUT2D eigenvalue weighted by molar-refractivity contribution is 0.0988. The van der Waals surface area contributed by atoms with E-state index in [4.69, 9.17) is 16.9 Å². The van der Waals surface area contributed by atoms with Crippen molar-refractivity contribution in [1.82, 2.24) is 19.4 Å². The normalized spacial score (nSPS) is 10.6. The van der Waals surface area contributed by atoms with E-state index in [0.717, 1.165) is 11.3 Å². The Labute approximate surface area is 165 Å². The van der Waals surface area contributed by atoms with Gasteiger partial charge in [-0.2, -0.15) is 5.26 Å². The molecule has 8 heteroatoms. The summed E-state index contributed by atoms with van der Waals surface area (Å²) in [7, 11) is 1.66. The highest BCUT2D eigenvalue weighted by molar-refractivity contribution is 6.29. The van der Waals surface area contributed by atoms with Crippen molar-refractivity contribution in [2.45, 2.75) is 0 Å². The summed E-state index contributed by atoms with van der Waals surface area (Å²) in [6.07, 6.45) is 6.54. The van der Waals surface area contributed by atoms with Crippen molar-refractivity contribution in [2.75, 3.05) is 11.9 Å². The fourth-order valence-electron chi connectivity index (χ4n) is 2.79. The number of amides is 1. The van der Waals surface area contributed by atoms with Crippen molar-refractivity contribution in [3.63, 3.8) is 0 Å². The van der Waals surface area contributed by atoms with Crippen LogP contribution < -0.4 is 4.90 Å². The fourth-order valence-corrected chi connectivity index (χ4v) is 2.90. The largest absolute Gasteiger partial charge is 0.310 e. The Morgan fingerprint density at radius 1 is 1.07 bits per heavy atom. The molecule has 28 heavy (non-hydrogen) atoms. The second-order valence-electron chi connectivity index (χ2n) is 6.04. The first kappa shape index (κ1) is 17.6. The zero-order valence-electron chi connectivity index (χ0n) is 14.7. The molecule has 3 aromatic heterocycles. The molecule has 7 nitrogen and oxygen atoms in total. The van der Waals surface area contributed by atoms with Crippen molar-refractivity contribution in [2.24, 2.45) is 0 Å². The molecule has 0 bridgehead atoms. The van der Waals surface area contributed by atoms with E-state index in [-0.39, 0.29) is 11.6 Å². The highest BCUT2D eigenvalue weighted by Gasteiger charge is 2.17. The number of hydrogen-bond donors (Lipinski definition) is 0. The number of anilines is 1. The van der Waals surface area contributed by atoms with Crippen molar-refractivity contribution >= 4 is 28.8 Å². The number of carbonyl (C=O) groups is 1. The minimum atomic E-state index is -0.277. The quantitative estimate of drug-likeness (QED) is 0.500. The minimum absolute atomic E-state index is 0.264. The van der Waals surface area contributed by atoms with Crippen LogP contribution in [-0.4, -0.2) is 32.3 Å². The molecule has 0 unspecified atom stereocenters. The molecule has 0 saturated carbocycles. The lowest BCUT2D eigenvalue weighted by atomic mass is 10.2. The standard InChI is InChI=1S/C20H13ClN6O/c1-26(15-5-2-13(8-22)3-6-15)20(28)16-12-27-17(10-25-19(27)11-23-16)14-4-7-18(21)24-9-14/h2-7,9-12H,1H3. The van der Waals surface area contributed by atoms with Crippen molar-refractivity contribution in [3.8, 4) is 17.3 Å². The number of nitrogens with zero attached hydrogens (tertiary/aromatic N) is 6. The zero-order chi connectivity index (χ0) is 19.7. The summed E-state index contributed by atoms with van der Waals surface area (Å²) in [6, 6.07) is 12.4. The summed E-state index contributed by atoms with van der Waals surface area (Å²) >= 11 is 5.86. The van der Waals surface area contributed by atoms with Crippen molar-refractivity contribution in [3.05, 3.63) is 77.6 Å². The van der Waals surface area contributed by atoms with Gasteiger partial charge in [-0.1, -0.05) is 11.6 Å². The first-order chi connectivity index (χ1) is 13.6. The predicted octanol–water partition coefficient (Wildman–Crippen LogP) is 3.59. The summed E-state index contributed by atoms with van der Waals surface area (Å²) in [4.78, 5) is 27.0. The third-order valence-electron chi connectivity index (χ3n) is 4.33. The van der Waals surface area contributed by atoms with E-state index in [9.17, 15) is 4.79 Å². The Kier molecular flexibility index (Phi) is 4.47. The molecule has 0 aliphatic carbocycles. The Bertz CT molecular complexity index is 1210. The summed E-state index contributed by atoms with van der Waals surface area (Å²) in [5, 5.41) is 9.31. The molecule has 1 aromatic carbocycles. The average molecular weight is 389 g/mol. The Morgan fingerprint density at radius 3 is 2.54 bits per heavy atom. The van der Waals surface area contributed by atoms with Gasteiger partial charge in [-0.25, -0.2) is 15.0 Å². The second-order valence-corrected chi connectivity index (χ2v) is 6.42. The SMILES string of the molecule is CN(C(=O)c1cn2c(-c3ccc(Cl)nc3)cnc2cn1)c1ccc(C#N)cc1. The van der Waals surface area contributed by atoms with Crippen LogP contribution in [0.5, 0.6) is 0 Å². The van der Waals surface area contributed by atoms with Crippen LogP contribution in [0.25, 0.3) is 16.9 Å². The molecule has 0 N–H and O–H groups in total. The molecule has 0 saturated heterocycles. The van der Waals surface area contributed by atoms with Gasteiger partial charge in [0.05, 0.1) is 29.7 Å². The minimum Gasteiger partial charge on any atom is -0.310 e. The number of benzene rings is 1. The number of pyridine rings is 1. The average Bonchev–Trinajstić information content (AvgIpc) is 3.16. The zero-order valence-corrected chi connectivity index (χ0v) is 15.5. The summed E-state index contributed by atoms with van der Waals surface area (Å²) in [5.74, 6) is -0.277. The summed E-state index contributed by atoms with van der Waals surface area (Å²) in [6.45, 7) is 0. The Balaban J connectivity index is 1.70. The Morgan fingerprint density at radius 2 is 1.86 bits per heavy atom. The van der Waals surface area contributed by atoms with Crippen LogP contribution in [0.15, 0.2) is 61.2 Å². The number of hydrogen-bond acceptors (Lipinski definition) is 5. The maximum Gasteiger partial charge on any atom is 0.278 e. The van der Waals surface area contributed by atoms with Gasteiger partial charge in [-0.15, -0.1) is 0 Å². The van der Waals surface area contributed by atoms with E-state index in [1.54, 1.807) is 66.6 Å². The number of rotatable bonds is 3. The smallest absolute Gasteiger partial charge is 0.278 e. The van der Waals surface area contributed by atoms with Gasteiger partial charge in [0, 0.05) is 30.7 Å². The van der Waals surface area contributed by atoms with Gasteiger partial charge in [-0.3, -0.25) is 9.20 Å². The van der Waals surface area contributed by atoms with Gasteiger partial charge in [0.25, 0.3) is 5.91 Å². The van der Waals surface area contributed by atoms with Crippen LogP contribution in [-0.2, 0) is 0 Å². The van der Waals surface area contributed by atoms with Crippen LogP contribution in [0.4, 0.5) is 5.69 Å². The van der Waals surface area contributed by atoms with E-state index in [2.05, 4.69) is 21.0 Å². The van der Waals surface area contributed by atoms with Crippen LogP contribution >= 0.6 is 11.6 Å². The van der Waals surface area contributed by atoms with Gasteiger partial charge < -0.3 is 4.90 Å². The highest BCUT2D eigenvalue weighted by atomic mass is 35.5. The lowest BCUT2D eigenvalue weighted by Crippen LogP contribution is -2.27. The maximum atomic E-state index is 12.9. The number of imidazole rings is 1. The molecule has 0 aliphatic rings.